The van der Waals surface area contributed by atoms with Crippen LogP contribution in [0.15, 0.2) is 28.7 Å². The summed E-state index contributed by atoms with van der Waals surface area (Å²) >= 11 is 5.09. The molecule has 0 aliphatic heterocycles. The second-order valence-corrected chi connectivity index (χ2v) is 6.35. The van der Waals surface area contributed by atoms with Gasteiger partial charge in [-0.05, 0) is 47.1 Å². The van der Waals surface area contributed by atoms with E-state index in [4.69, 9.17) is 0 Å². The Balaban J connectivity index is 2.19. The summed E-state index contributed by atoms with van der Waals surface area (Å²) < 4.78 is 19.0. The third-order valence-corrected chi connectivity index (χ3v) is 4.88. The van der Waals surface area contributed by atoms with Gasteiger partial charge in [0.25, 0.3) is 0 Å². The normalized spacial score (nSPS) is 10.4. The van der Waals surface area contributed by atoms with Crippen LogP contribution in [0, 0.1) is 12.7 Å². The van der Waals surface area contributed by atoms with Crippen LogP contribution >= 0.6 is 27.3 Å². The van der Waals surface area contributed by atoms with E-state index in [1.807, 2.05) is 13.0 Å². The fourth-order valence-electron chi connectivity index (χ4n) is 1.74. The van der Waals surface area contributed by atoms with E-state index in [0.717, 1.165) is 9.35 Å². The SMILES string of the molecule is COC(=O)c1ccc(F)cc1NCc1cc(Br)c(C)s1. The van der Waals surface area contributed by atoms with Gasteiger partial charge in [-0.25, -0.2) is 9.18 Å². The molecule has 20 heavy (non-hydrogen) atoms. The number of anilines is 1. The highest BCUT2D eigenvalue weighted by atomic mass is 79.9. The number of aryl methyl sites for hydroxylation is 1. The van der Waals surface area contributed by atoms with Crippen molar-refractivity contribution in [1.82, 2.24) is 0 Å². The van der Waals surface area contributed by atoms with Crippen LogP contribution in [0.4, 0.5) is 10.1 Å². The fourth-order valence-corrected chi connectivity index (χ4v) is 3.28. The predicted molar refractivity (Wildman–Crippen MR) is 81.8 cm³/mol. The number of ether oxygens (including phenoxy) is 1. The van der Waals surface area contributed by atoms with E-state index in [1.54, 1.807) is 11.3 Å². The average molecular weight is 358 g/mol. The predicted octanol–water partition coefficient (Wildman–Crippen LogP) is 4.36. The number of nitrogens with one attached hydrogen (secondary N) is 1. The second-order valence-electron chi connectivity index (χ2n) is 4.15. The number of carbonyl (C=O) groups excluding carboxylic acids is 1. The van der Waals surface area contributed by atoms with Gasteiger partial charge in [0.05, 0.1) is 18.4 Å². The quantitative estimate of drug-likeness (QED) is 0.826. The molecule has 0 saturated carbocycles. The molecule has 0 fully saturated rings. The lowest BCUT2D eigenvalue weighted by Gasteiger charge is -2.10. The van der Waals surface area contributed by atoms with E-state index in [1.165, 1.54) is 30.2 Å². The number of hydrogen-bond donors (Lipinski definition) is 1. The Labute approximate surface area is 128 Å². The molecule has 0 aliphatic carbocycles. The first-order valence-electron chi connectivity index (χ1n) is 5.88. The van der Waals surface area contributed by atoms with Crippen molar-refractivity contribution in [3.63, 3.8) is 0 Å². The summed E-state index contributed by atoms with van der Waals surface area (Å²) in [6.45, 7) is 2.53. The first kappa shape index (κ1) is 15.0. The molecule has 0 radical (unpaired) electrons. The Morgan fingerprint density at radius 1 is 1.45 bits per heavy atom. The third-order valence-electron chi connectivity index (χ3n) is 2.75. The molecule has 0 aliphatic rings. The molecule has 0 bridgehead atoms. The Morgan fingerprint density at radius 2 is 2.20 bits per heavy atom. The summed E-state index contributed by atoms with van der Waals surface area (Å²) in [7, 11) is 1.30. The minimum atomic E-state index is -0.490. The van der Waals surface area contributed by atoms with Gasteiger partial charge in [-0.15, -0.1) is 11.3 Å². The minimum Gasteiger partial charge on any atom is -0.465 e. The van der Waals surface area contributed by atoms with E-state index in [9.17, 15) is 9.18 Å². The number of benzene rings is 1. The van der Waals surface area contributed by atoms with Gasteiger partial charge >= 0.3 is 5.97 Å². The number of methoxy groups -OCH3 is 1. The maximum atomic E-state index is 13.3. The molecule has 0 unspecified atom stereocenters. The van der Waals surface area contributed by atoms with Crippen molar-refractivity contribution in [3.05, 3.63) is 49.9 Å². The zero-order chi connectivity index (χ0) is 14.7. The third kappa shape index (κ3) is 3.37. The highest BCUT2D eigenvalue weighted by Crippen LogP contribution is 2.27. The Hall–Kier alpha value is -1.40. The molecule has 6 heteroatoms. The molecular weight excluding hydrogens is 345 g/mol. The molecule has 1 aromatic carbocycles. The van der Waals surface area contributed by atoms with E-state index in [2.05, 4.69) is 26.0 Å². The van der Waals surface area contributed by atoms with Gasteiger partial charge in [0.1, 0.15) is 5.82 Å². The zero-order valence-electron chi connectivity index (χ0n) is 11.0. The lowest BCUT2D eigenvalue weighted by atomic mass is 10.1. The van der Waals surface area contributed by atoms with E-state index in [-0.39, 0.29) is 0 Å². The number of thiophene rings is 1. The van der Waals surface area contributed by atoms with Crippen molar-refractivity contribution < 1.29 is 13.9 Å². The van der Waals surface area contributed by atoms with Gasteiger partial charge < -0.3 is 10.1 Å². The molecule has 0 spiro atoms. The molecule has 1 N–H and O–H groups in total. The van der Waals surface area contributed by atoms with E-state index >= 15 is 0 Å². The fraction of sp³-hybridized carbons (Fsp3) is 0.214. The van der Waals surface area contributed by atoms with Crippen LogP contribution in [0.1, 0.15) is 20.1 Å². The van der Waals surface area contributed by atoms with Gasteiger partial charge in [0, 0.05) is 20.8 Å². The van der Waals surface area contributed by atoms with Crippen molar-refractivity contribution in [2.75, 3.05) is 12.4 Å². The molecule has 3 nitrogen and oxygen atoms in total. The van der Waals surface area contributed by atoms with E-state index in [0.29, 0.717) is 17.8 Å². The van der Waals surface area contributed by atoms with Crippen LogP contribution in [0.25, 0.3) is 0 Å². The van der Waals surface area contributed by atoms with Crippen molar-refractivity contribution >= 4 is 38.9 Å². The highest BCUT2D eigenvalue weighted by molar-refractivity contribution is 9.10. The van der Waals surface area contributed by atoms with Crippen LogP contribution in [-0.4, -0.2) is 13.1 Å². The Bertz CT molecular complexity index is 623. The van der Waals surface area contributed by atoms with Crippen LogP contribution in [0.2, 0.25) is 0 Å². The molecule has 2 rings (SSSR count). The minimum absolute atomic E-state index is 0.321. The number of halogens is 2. The smallest absolute Gasteiger partial charge is 0.339 e. The van der Waals surface area contributed by atoms with Crippen molar-refractivity contribution in [3.8, 4) is 0 Å². The van der Waals surface area contributed by atoms with Gasteiger partial charge in [-0.3, -0.25) is 0 Å². The maximum Gasteiger partial charge on any atom is 0.339 e. The average Bonchev–Trinajstić information content (AvgIpc) is 2.75. The van der Waals surface area contributed by atoms with Gasteiger partial charge in [0.15, 0.2) is 0 Å². The van der Waals surface area contributed by atoms with Crippen LogP contribution in [0.5, 0.6) is 0 Å². The molecule has 1 aromatic heterocycles. The van der Waals surface area contributed by atoms with Crippen LogP contribution in [-0.2, 0) is 11.3 Å². The summed E-state index contributed by atoms with van der Waals surface area (Å²) in [6, 6.07) is 5.95. The molecule has 106 valence electrons. The van der Waals surface area contributed by atoms with Crippen LogP contribution < -0.4 is 5.32 Å². The molecular formula is C14H13BrFNO2S. The van der Waals surface area contributed by atoms with Crippen LogP contribution in [0.3, 0.4) is 0 Å². The summed E-state index contributed by atoms with van der Waals surface area (Å²) in [4.78, 5) is 13.9. The molecule has 1 heterocycles. The summed E-state index contributed by atoms with van der Waals surface area (Å²) in [5.74, 6) is -0.889. The van der Waals surface area contributed by atoms with E-state index < -0.39 is 11.8 Å². The number of hydrogen-bond acceptors (Lipinski definition) is 4. The Kier molecular flexibility index (Phi) is 4.77. The lowest BCUT2D eigenvalue weighted by Crippen LogP contribution is -2.08. The topological polar surface area (TPSA) is 38.3 Å². The summed E-state index contributed by atoms with van der Waals surface area (Å²) in [6.07, 6.45) is 0. The summed E-state index contributed by atoms with van der Waals surface area (Å²) in [5, 5.41) is 3.07. The molecule has 2 aromatic rings. The Morgan fingerprint density at radius 3 is 2.80 bits per heavy atom. The van der Waals surface area contributed by atoms with Gasteiger partial charge in [-0.1, -0.05) is 0 Å². The maximum absolute atomic E-state index is 13.3. The highest BCUT2D eigenvalue weighted by Gasteiger charge is 2.13. The number of rotatable bonds is 4. The summed E-state index contributed by atoms with van der Waals surface area (Å²) in [5.41, 5.74) is 0.750. The van der Waals surface area contributed by atoms with Crippen molar-refractivity contribution in [1.29, 1.82) is 0 Å². The molecule has 0 atom stereocenters. The number of esters is 1. The second kappa shape index (κ2) is 6.37. The first-order chi connectivity index (χ1) is 9.51. The standard InChI is InChI=1S/C14H13BrFNO2S/c1-8-12(15)6-10(20-8)7-17-13-5-9(16)3-4-11(13)14(18)19-2/h3-6,17H,7H2,1-2H3. The van der Waals surface area contributed by atoms with Gasteiger partial charge in [0.2, 0.25) is 0 Å². The molecule has 0 saturated heterocycles. The monoisotopic (exact) mass is 357 g/mol. The first-order valence-corrected chi connectivity index (χ1v) is 7.48. The van der Waals surface area contributed by atoms with Crippen molar-refractivity contribution in [2.24, 2.45) is 0 Å². The largest absolute Gasteiger partial charge is 0.465 e. The van der Waals surface area contributed by atoms with Crippen molar-refractivity contribution in [2.45, 2.75) is 13.5 Å². The van der Waals surface area contributed by atoms with Gasteiger partial charge in [-0.2, -0.15) is 0 Å². The zero-order valence-corrected chi connectivity index (χ0v) is 13.4. The lowest BCUT2D eigenvalue weighted by molar-refractivity contribution is 0.0602. The number of carbonyl (C=O) groups is 1. The molecule has 0 amide bonds.